The largest absolute Gasteiger partial charge is 0.475 e. The molecule has 10 nitrogen and oxygen atoms in total. The summed E-state index contributed by atoms with van der Waals surface area (Å²) in [6, 6.07) is 13.8. The second-order valence-corrected chi connectivity index (χ2v) is 8.59. The molecule has 0 aliphatic carbocycles. The number of hydrogen-bond donors (Lipinski definition) is 4. The number of pyridine rings is 1. The number of amides is 1. The number of rotatable bonds is 10. The molecule has 0 aliphatic heterocycles. The third-order valence-electron chi connectivity index (χ3n) is 5.88. The molecule has 0 unspecified atom stereocenters. The van der Waals surface area contributed by atoms with Gasteiger partial charge < -0.3 is 26.5 Å². The van der Waals surface area contributed by atoms with Crippen molar-refractivity contribution in [1.82, 2.24) is 24.9 Å². The van der Waals surface area contributed by atoms with Crippen LogP contribution in [-0.4, -0.2) is 44.0 Å². The molecule has 0 bridgehead atoms. The van der Waals surface area contributed by atoms with Crippen molar-refractivity contribution in [3.05, 3.63) is 83.7 Å². The summed E-state index contributed by atoms with van der Waals surface area (Å²) in [5.41, 5.74) is 12.9. The van der Waals surface area contributed by atoms with Gasteiger partial charge in [0, 0.05) is 12.1 Å². The predicted molar refractivity (Wildman–Crippen MR) is 142 cm³/mol. The zero-order valence-corrected chi connectivity index (χ0v) is 20.9. The summed E-state index contributed by atoms with van der Waals surface area (Å²) in [7, 11) is 0. The van der Waals surface area contributed by atoms with Gasteiger partial charge in [0.1, 0.15) is 23.8 Å². The highest BCUT2D eigenvalue weighted by atomic mass is 19.3. The number of nitrogens with two attached hydrogens (primary N) is 2. The van der Waals surface area contributed by atoms with Crippen molar-refractivity contribution < 1.29 is 22.7 Å². The number of imidazole rings is 1. The van der Waals surface area contributed by atoms with Crippen LogP contribution in [0.5, 0.6) is 5.88 Å². The number of primary amides is 1. The van der Waals surface area contributed by atoms with Crippen molar-refractivity contribution >= 4 is 22.6 Å². The molecule has 204 valence electrons. The topological polar surface area (TPSA) is 158 Å². The monoisotopic (exact) mass is 548 g/mol. The van der Waals surface area contributed by atoms with E-state index < -0.39 is 23.8 Å². The first-order valence-electron chi connectivity index (χ1n) is 12.1. The lowest BCUT2D eigenvalue weighted by atomic mass is 10.1. The van der Waals surface area contributed by atoms with Crippen LogP contribution in [0.3, 0.4) is 0 Å². The SMILES string of the molecule is NCCOc1cnc2ccc(-c3[nH]c(CNc4cccc(C(N)=O)c4F)nc3-c3cccc(C(F)F)n3)cc2n1. The van der Waals surface area contributed by atoms with E-state index in [-0.39, 0.29) is 30.1 Å². The number of carbonyl (C=O) groups is 1. The van der Waals surface area contributed by atoms with Crippen LogP contribution in [0, 0.1) is 5.82 Å². The third-order valence-corrected chi connectivity index (χ3v) is 5.88. The van der Waals surface area contributed by atoms with E-state index in [9.17, 15) is 18.0 Å². The lowest BCUT2D eigenvalue weighted by Crippen LogP contribution is -2.14. The van der Waals surface area contributed by atoms with E-state index in [2.05, 4.69) is 30.2 Å². The van der Waals surface area contributed by atoms with Gasteiger partial charge in [-0.05, 0) is 36.4 Å². The molecule has 6 N–H and O–H groups in total. The van der Waals surface area contributed by atoms with E-state index in [1.54, 1.807) is 24.3 Å². The van der Waals surface area contributed by atoms with Crippen molar-refractivity contribution in [2.45, 2.75) is 13.0 Å². The highest BCUT2D eigenvalue weighted by Crippen LogP contribution is 2.32. The molecule has 0 saturated heterocycles. The van der Waals surface area contributed by atoms with Crippen LogP contribution in [0.15, 0.2) is 60.8 Å². The van der Waals surface area contributed by atoms with Crippen molar-refractivity contribution in [3.63, 3.8) is 0 Å². The van der Waals surface area contributed by atoms with Crippen molar-refractivity contribution in [2.24, 2.45) is 11.5 Å². The molecule has 3 heterocycles. The zero-order valence-electron chi connectivity index (χ0n) is 20.9. The van der Waals surface area contributed by atoms with Crippen LogP contribution in [0.25, 0.3) is 33.7 Å². The summed E-state index contributed by atoms with van der Waals surface area (Å²) in [4.78, 5) is 32.2. The lowest BCUT2D eigenvalue weighted by Gasteiger charge is -2.08. The smallest absolute Gasteiger partial charge is 0.280 e. The number of nitrogens with zero attached hydrogens (tertiary/aromatic N) is 4. The Hall–Kier alpha value is -5.04. The number of ether oxygens (including phenoxy) is 1. The molecule has 5 rings (SSSR count). The van der Waals surface area contributed by atoms with Crippen molar-refractivity contribution in [1.29, 1.82) is 0 Å². The number of hydrogen-bond acceptors (Lipinski definition) is 8. The molecule has 0 aliphatic rings. The summed E-state index contributed by atoms with van der Waals surface area (Å²) in [5, 5.41) is 2.89. The van der Waals surface area contributed by atoms with Gasteiger partial charge in [0.05, 0.1) is 46.4 Å². The number of H-pyrrole nitrogens is 1. The average molecular weight is 549 g/mol. The van der Waals surface area contributed by atoms with Crippen LogP contribution in [0.4, 0.5) is 18.9 Å². The van der Waals surface area contributed by atoms with Crippen molar-refractivity contribution in [3.8, 4) is 28.5 Å². The maximum absolute atomic E-state index is 14.7. The van der Waals surface area contributed by atoms with Crippen LogP contribution < -0.4 is 21.5 Å². The molecule has 5 aromatic rings. The van der Waals surface area contributed by atoms with E-state index >= 15 is 0 Å². The molecule has 40 heavy (non-hydrogen) atoms. The highest BCUT2D eigenvalue weighted by Gasteiger charge is 2.19. The van der Waals surface area contributed by atoms with Gasteiger partial charge in [0.25, 0.3) is 12.3 Å². The fourth-order valence-electron chi connectivity index (χ4n) is 4.03. The van der Waals surface area contributed by atoms with Gasteiger partial charge in [0.15, 0.2) is 5.82 Å². The van der Waals surface area contributed by atoms with Gasteiger partial charge >= 0.3 is 0 Å². The minimum atomic E-state index is -2.77. The third kappa shape index (κ3) is 5.54. The summed E-state index contributed by atoms with van der Waals surface area (Å²) in [6.45, 7) is 0.594. The molecule has 3 aromatic heterocycles. The number of carbonyl (C=O) groups excluding carboxylic acids is 1. The number of halogens is 3. The Morgan fingerprint density at radius 3 is 2.65 bits per heavy atom. The van der Waals surface area contributed by atoms with Gasteiger partial charge in [-0.2, -0.15) is 0 Å². The van der Waals surface area contributed by atoms with E-state index in [0.29, 0.717) is 46.2 Å². The number of aromatic amines is 1. The van der Waals surface area contributed by atoms with E-state index in [1.165, 1.54) is 36.5 Å². The zero-order chi connectivity index (χ0) is 28.2. The number of fused-ring (bicyclic) bond motifs is 1. The van der Waals surface area contributed by atoms with E-state index in [0.717, 1.165) is 0 Å². The second kappa shape index (κ2) is 11.4. The van der Waals surface area contributed by atoms with E-state index in [4.69, 9.17) is 16.2 Å². The Morgan fingerprint density at radius 1 is 1.05 bits per heavy atom. The Labute approximate surface area is 225 Å². The first-order valence-corrected chi connectivity index (χ1v) is 12.1. The van der Waals surface area contributed by atoms with Crippen LogP contribution >= 0.6 is 0 Å². The summed E-state index contributed by atoms with van der Waals surface area (Å²) < 4.78 is 47.0. The molecule has 1 amide bonds. The van der Waals surface area contributed by atoms with Gasteiger partial charge in [-0.1, -0.05) is 18.2 Å². The number of alkyl halides is 2. The summed E-state index contributed by atoms with van der Waals surface area (Å²) >= 11 is 0. The molecule has 0 spiro atoms. The van der Waals surface area contributed by atoms with Gasteiger partial charge in [-0.3, -0.25) is 4.79 Å². The molecular weight excluding hydrogens is 525 g/mol. The minimum absolute atomic E-state index is 0.00510. The number of aromatic nitrogens is 5. The molecule has 0 radical (unpaired) electrons. The summed E-state index contributed by atoms with van der Waals surface area (Å²) in [5.74, 6) is -1.04. The first-order chi connectivity index (χ1) is 19.3. The quantitative estimate of drug-likeness (QED) is 0.202. The van der Waals surface area contributed by atoms with Gasteiger partial charge in [-0.25, -0.2) is 33.1 Å². The number of nitrogens with one attached hydrogen (secondary N) is 2. The molecule has 13 heteroatoms. The maximum Gasteiger partial charge on any atom is 0.280 e. The van der Waals surface area contributed by atoms with E-state index in [1.807, 2.05) is 0 Å². The predicted octanol–water partition coefficient (Wildman–Crippen LogP) is 4.21. The fourth-order valence-corrected chi connectivity index (χ4v) is 4.03. The fraction of sp³-hybridized carbons (Fsp3) is 0.148. The molecule has 0 fully saturated rings. The van der Waals surface area contributed by atoms with Gasteiger partial charge in [0.2, 0.25) is 5.88 Å². The minimum Gasteiger partial charge on any atom is -0.475 e. The normalized spacial score (nSPS) is 11.2. The lowest BCUT2D eigenvalue weighted by molar-refractivity contribution is 0.0996. The van der Waals surface area contributed by atoms with Gasteiger partial charge in [-0.15, -0.1) is 0 Å². The van der Waals surface area contributed by atoms with Crippen LogP contribution in [0.2, 0.25) is 0 Å². The standard InChI is InChI=1S/C27H23F3N8O2/c28-23-15(27(32)39)3-1-4-17(23)33-12-21-37-24(25(38-21)18-5-2-6-19(35-18)26(29)30)14-7-8-16-20(11-14)36-22(13-34-16)40-10-9-31/h1-8,11,13,26,33H,9-10,12,31H2,(H2,32,39)(H,37,38). The highest BCUT2D eigenvalue weighted by molar-refractivity contribution is 5.94. The maximum atomic E-state index is 14.7. The number of anilines is 1. The Balaban J connectivity index is 1.55. The van der Waals surface area contributed by atoms with Crippen LogP contribution in [0.1, 0.15) is 28.3 Å². The molecule has 0 saturated carbocycles. The van der Waals surface area contributed by atoms with Crippen molar-refractivity contribution in [2.75, 3.05) is 18.5 Å². The van der Waals surface area contributed by atoms with Crippen LogP contribution in [-0.2, 0) is 6.54 Å². The number of benzene rings is 2. The molecular formula is C27H23F3N8O2. The Morgan fingerprint density at radius 2 is 1.88 bits per heavy atom. The summed E-state index contributed by atoms with van der Waals surface area (Å²) in [6.07, 6.45) is -1.28. The molecule has 2 aromatic carbocycles. The molecule has 0 atom stereocenters. The Bertz CT molecular complexity index is 1690. The Kier molecular flexibility index (Phi) is 7.55. The second-order valence-electron chi connectivity index (χ2n) is 8.59. The first kappa shape index (κ1) is 26.6. The average Bonchev–Trinajstić information content (AvgIpc) is 3.39.